The molecule has 36 heavy (non-hydrogen) atoms. The van der Waals surface area contributed by atoms with E-state index in [2.05, 4.69) is 9.69 Å². The van der Waals surface area contributed by atoms with Gasteiger partial charge in [0.25, 0.3) is 11.8 Å². The first kappa shape index (κ1) is 26.6. The van der Waals surface area contributed by atoms with E-state index in [1.165, 1.54) is 12.0 Å². The van der Waals surface area contributed by atoms with E-state index >= 15 is 0 Å². The number of amides is 3. The van der Waals surface area contributed by atoms with Gasteiger partial charge in [0.15, 0.2) is 5.69 Å². The zero-order chi connectivity index (χ0) is 26.4. The second-order valence-corrected chi connectivity index (χ2v) is 8.84. The number of anilines is 2. The molecule has 1 atom stereocenters. The fourth-order valence-corrected chi connectivity index (χ4v) is 4.50. The molecular weight excluding hydrogens is 482 g/mol. The van der Waals surface area contributed by atoms with Gasteiger partial charge in [-0.3, -0.25) is 19.3 Å². The maximum atomic E-state index is 14.0. The molecule has 0 spiro atoms. The molecule has 10 nitrogen and oxygen atoms in total. The molecular formula is C25H29N5O5S. The highest BCUT2D eigenvalue weighted by Crippen LogP contribution is 2.35. The van der Waals surface area contributed by atoms with Crippen LogP contribution in [0.1, 0.15) is 42.9 Å². The molecule has 0 aliphatic carbocycles. The summed E-state index contributed by atoms with van der Waals surface area (Å²) in [4.78, 5) is 40.7. The van der Waals surface area contributed by atoms with Crippen molar-refractivity contribution in [2.45, 2.75) is 19.9 Å². The fraction of sp³-hybridized carbons (Fsp3) is 0.280. The Morgan fingerprint density at radius 1 is 1.11 bits per heavy atom. The maximum absolute atomic E-state index is 14.0. The van der Waals surface area contributed by atoms with Gasteiger partial charge in [0.05, 0.1) is 19.4 Å². The van der Waals surface area contributed by atoms with Crippen LogP contribution in [0.15, 0.2) is 42.5 Å². The molecule has 0 aliphatic rings. The summed E-state index contributed by atoms with van der Waals surface area (Å²) in [5.41, 5.74) is 14.0. The van der Waals surface area contributed by atoms with E-state index in [0.29, 0.717) is 23.6 Å². The highest BCUT2D eigenvalue weighted by atomic mass is 32.1. The van der Waals surface area contributed by atoms with Crippen LogP contribution in [-0.2, 0) is 9.53 Å². The van der Waals surface area contributed by atoms with Crippen LogP contribution in [0.4, 0.5) is 11.4 Å². The average molecular weight is 512 g/mol. The topological polar surface area (TPSA) is 150 Å². The van der Waals surface area contributed by atoms with Crippen LogP contribution in [0.2, 0.25) is 0 Å². The molecule has 3 aromatic rings. The van der Waals surface area contributed by atoms with E-state index in [0.717, 1.165) is 22.7 Å². The van der Waals surface area contributed by atoms with Crippen LogP contribution in [0.5, 0.6) is 5.75 Å². The van der Waals surface area contributed by atoms with E-state index < -0.39 is 23.8 Å². The first-order valence-corrected chi connectivity index (χ1v) is 11.8. The molecule has 3 amide bonds. The molecule has 5 N–H and O–H groups in total. The SMILES string of the molecule is COCCNC(=O)[C@H](c1ccc(OC)cc1)N(C(=O)c1snc(C(N)=O)c1N)c1ccc(C)cc1C. The Morgan fingerprint density at radius 3 is 2.36 bits per heavy atom. The minimum Gasteiger partial charge on any atom is -0.497 e. The summed E-state index contributed by atoms with van der Waals surface area (Å²) in [7, 11) is 3.07. The third-order valence-electron chi connectivity index (χ3n) is 5.53. The Bertz CT molecular complexity index is 1260. The lowest BCUT2D eigenvalue weighted by Crippen LogP contribution is -2.45. The quantitative estimate of drug-likeness (QED) is 0.354. The van der Waals surface area contributed by atoms with Gasteiger partial charge in [-0.2, -0.15) is 4.37 Å². The Morgan fingerprint density at radius 2 is 1.81 bits per heavy atom. The summed E-state index contributed by atoms with van der Waals surface area (Å²) < 4.78 is 14.3. The summed E-state index contributed by atoms with van der Waals surface area (Å²) in [6.45, 7) is 4.32. The van der Waals surface area contributed by atoms with Crippen molar-refractivity contribution in [2.75, 3.05) is 38.0 Å². The number of nitrogens with zero attached hydrogens (tertiary/aromatic N) is 2. The molecule has 0 fully saturated rings. The van der Waals surface area contributed by atoms with Crippen LogP contribution in [0.25, 0.3) is 0 Å². The van der Waals surface area contributed by atoms with Crippen molar-refractivity contribution in [1.29, 1.82) is 0 Å². The molecule has 0 unspecified atom stereocenters. The van der Waals surface area contributed by atoms with Crippen molar-refractivity contribution in [2.24, 2.45) is 5.73 Å². The summed E-state index contributed by atoms with van der Waals surface area (Å²) in [5, 5.41) is 2.83. The number of nitrogens with two attached hydrogens (primary N) is 2. The zero-order valence-electron chi connectivity index (χ0n) is 20.5. The molecule has 0 radical (unpaired) electrons. The second-order valence-electron chi connectivity index (χ2n) is 8.06. The first-order valence-electron chi connectivity index (χ1n) is 11.1. The lowest BCUT2D eigenvalue weighted by atomic mass is 10.0. The Labute approximate surface area is 213 Å². The predicted molar refractivity (Wildman–Crippen MR) is 138 cm³/mol. The van der Waals surface area contributed by atoms with Gasteiger partial charge in [-0.1, -0.05) is 29.8 Å². The number of aromatic nitrogens is 1. The van der Waals surface area contributed by atoms with E-state index in [-0.39, 0.29) is 22.8 Å². The monoisotopic (exact) mass is 511 g/mol. The number of carbonyl (C=O) groups excluding carboxylic acids is 3. The molecule has 0 bridgehead atoms. The Balaban J connectivity index is 2.21. The summed E-state index contributed by atoms with van der Waals surface area (Å²) >= 11 is 0.758. The zero-order valence-corrected chi connectivity index (χ0v) is 21.3. The number of nitrogen functional groups attached to an aromatic ring is 1. The first-order chi connectivity index (χ1) is 17.2. The number of primary amides is 1. The Kier molecular flexibility index (Phi) is 8.62. The van der Waals surface area contributed by atoms with E-state index in [1.807, 2.05) is 26.0 Å². The van der Waals surface area contributed by atoms with Crippen molar-refractivity contribution in [1.82, 2.24) is 9.69 Å². The van der Waals surface area contributed by atoms with Gasteiger partial charge >= 0.3 is 0 Å². The number of methoxy groups -OCH3 is 2. The van der Waals surface area contributed by atoms with E-state index in [4.69, 9.17) is 20.9 Å². The maximum Gasteiger partial charge on any atom is 0.273 e. The molecule has 1 aromatic heterocycles. The molecule has 2 aromatic carbocycles. The van der Waals surface area contributed by atoms with Crippen molar-refractivity contribution >= 4 is 40.6 Å². The highest BCUT2D eigenvalue weighted by Gasteiger charge is 2.36. The third kappa shape index (κ3) is 5.64. The summed E-state index contributed by atoms with van der Waals surface area (Å²) in [6, 6.07) is 11.3. The molecule has 0 aliphatic heterocycles. The van der Waals surface area contributed by atoms with Crippen molar-refractivity contribution in [3.63, 3.8) is 0 Å². The van der Waals surface area contributed by atoms with Gasteiger partial charge in [-0.15, -0.1) is 0 Å². The molecule has 1 heterocycles. The average Bonchev–Trinajstić information content (AvgIpc) is 3.24. The highest BCUT2D eigenvalue weighted by molar-refractivity contribution is 7.09. The van der Waals surface area contributed by atoms with E-state index in [1.54, 1.807) is 37.4 Å². The third-order valence-corrected chi connectivity index (χ3v) is 6.38. The lowest BCUT2D eigenvalue weighted by Gasteiger charge is -2.32. The standard InChI is InChI=1S/C25H29N5O5S/c1-14-5-10-18(15(2)13-14)30(25(33)22-19(26)20(23(27)31)29-36-22)21(24(32)28-11-12-34-3)16-6-8-17(35-4)9-7-16/h5-10,13,21H,11-12,26H2,1-4H3,(H2,27,31)(H,28,32)/t21-/m0/s1. The van der Waals surface area contributed by atoms with Crippen molar-refractivity contribution in [3.05, 3.63) is 69.7 Å². The summed E-state index contributed by atoms with van der Waals surface area (Å²) in [5.74, 6) is -1.26. The number of hydrogen-bond acceptors (Lipinski definition) is 8. The van der Waals surface area contributed by atoms with Crippen LogP contribution >= 0.6 is 11.5 Å². The van der Waals surface area contributed by atoms with Crippen molar-refractivity contribution in [3.8, 4) is 5.75 Å². The van der Waals surface area contributed by atoms with Crippen LogP contribution in [0.3, 0.4) is 0 Å². The van der Waals surface area contributed by atoms with Crippen LogP contribution in [-0.4, -0.2) is 49.5 Å². The second kappa shape index (κ2) is 11.6. The van der Waals surface area contributed by atoms with Crippen molar-refractivity contribution < 1.29 is 23.9 Å². The van der Waals surface area contributed by atoms with Gasteiger partial charge in [-0.05, 0) is 54.7 Å². The lowest BCUT2D eigenvalue weighted by molar-refractivity contribution is -0.122. The molecule has 0 saturated heterocycles. The number of rotatable bonds is 10. The number of nitrogens with one attached hydrogen (secondary N) is 1. The molecule has 3 rings (SSSR count). The van der Waals surface area contributed by atoms with Gasteiger partial charge in [0.2, 0.25) is 5.91 Å². The summed E-state index contributed by atoms with van der Waals surface area (Å²) in [6.07, 6.45) is 0. The number of aryl methyl sites for hydroxylation is 2. The van der Waals surface area contributed by atoms with Crippen LogP contribution < -0.4 is 26.4 Å². The largest absolute Gasteiger partial charge is 0.497 e. The van der Waals surface area contributed by atoms with Gasteiger partial charge in [-0.25, -0.2) is 0 Å². The van der Waals surface area contributed by atoms with Gasteiger partial charge < -0.3 is 26.3 Å². The minimum absolute atomic E-state index is 0.00646. The number of ether oxygens (including phenoxy) is 2. The normalized spacial score (nSPS) is 11.6. The molecule has 0 saturated carbocycles. The molecule has 190 valence electrons. The van der Waals surface area contributed by atoms with E-state index in [9.17, 15) is 14.4 Å². The predicted octanol–water partition coefficient (Wildman–Crippen LogP) is 2.60. The molecule has 11 heteroatoms. The van der Waals surface area contributed by atoms with Gasteiger partial charge in [0.1, 0.15) is 16.7 Å². The Hall–Kier alpha value is -3.96. The number of hydrogen-bond donors (Lipinski definition) is 3. The number of carbonyl (C=O) groups is 3. The number of benzene rings is 2. The minimum atomic E-state index is -1.08. The smallest absolute Gasteiger partial charge is 0.273 e. The fourth-order valence-electron chi connectivity index (χ4n) is 3.76. The van der Waals surface area contributed by atoms with Gasteiger partial charge in [0, 0.05) is 19.3 Å². The van der Waals surface area contributed by atoms with Crippen LogP contribution in [0, 0.1) is 13.8 Å².